The van der Waals surface area contributed by atoms with Crippen LogP contribution in [-0.4, -0.2) is 13.2 Å². The Balaban J connectivity index is 2.27. The van der Waals surface area contributed by atoms with Crippen LogP contribution in [0.25, 0.3) is 0 Å². The summed E-state index contributed by atoms with van der Waals surface area (Å²) in [6.45, 7) is 4.71. The summed E-state index contributed by atoms with van der Waals surface area (Å²) >= 11 is 0. The summed E-state index contributed by atoms with van der Waals surface area (Å²) < 4.78 is 48.3. The summed E-state index contributed by atoms with van der Waals surface area (Å²) in [6.07, 6.45) is 12.7. The number of unbranched alkanes of at least 4 members (excludes halogenated alkanes) is 10. The Hall–Kier alpha value is 0.220. The van der Waals surface area contributed by atoms with Crippen LogP contribution in [-0.2, 0) is 36.9 Å². The molecule has 1 rings (SSSR count). The van der Waals surface area contributed by atoms with Gasteiger partial charge in [-0.15, -0.1) is 0 Å². The maximum absolute atomic E-state index is 12.6. The quantitative estimate of drug-likeness (QED) is 0.136. The van der Waals surface area contributed by atoms with Gasteiger partial charge in [-0.25, -0.2) is 9.13 Å². The van der Waals surface area contributed by atoms with Crippen molar-refractivity contribution in [2.24, 2.45) is 0 Å². The van der Waals surface area contributed by atoms with Gasteiger partial charge in [-0.05, 0) is 17.9 Å². The normalized spacial score (nSPS) is 16.5. The molecule has 0 atom stereocenters. The molecule has 1 saturated heterocycles. The Morgan fingerprint density at radius 1 is 0.731 bits per heavy atom. The SMILES string of the molecule is CCCCCCCCOP(=O)(OCCCCCCCC)OP1(=O)OOO1. The van der Waals surface area contributed by atoms with E-state index in [0.29, 0.717) is 0 Å². The highest BCUT2D eigenvalue weighted by molar-refractivity contribution is 7.62. The minimum atomic E-state index is -4.02. The Kier molecular flexibility index (Phi) is 13.3. The number of hydrogen-bond donors (Lipinski definition) is 0. The minimum Gasteiger partial charge on any atom is -0.287 e. The van der Waals surface area contributed by atoms with E-state index in [1.807, 2.05) is 0 Å². The minimum absolute atomic E-state index is 0.195. The molecule has 1 aliphatic rings. The zero-order chi connectivity index (χ0) is 19.1. The van der Waals surface area contributed by atoms with Crippen LogP contribution in [0.5, 0.6) is 0 Å². The van der Waals surface area contributed by atoms with E-state index in [2.05, 4.69) is 28.2 Å². The molecule has 0 N–H and O–H groups in total. The van der Waals surface area contributed by atoms with Gasteiger partial charge in [-0.3, -0.25) is 9.05 Å². The largest absolute Gasteiger partial charge is 0.542 e. The molecule has 0 saturated carbocycles. The fourth-order valence-electron chi connectivity index (χ4n) is 2.43. The standard InChI is InChI=1S/C16H34O8P2/c1-3-5-7-9-11-13-15-19-25(17,24-26(18)22-21-23-26)20-16-14-12-10-8-6-4-2/h3-16H2,1-2H3. The Labute approximate surface area is 157 Å². The predicted octanol–water partition coefficient (Wildman–Crippen LogP) is 6.87. The third-order valence-corrected chi connectivity index (χ3v) is 7.02. The topological polar surface area (TPSA) is 89.5 Å². The monoisotopic (exact) mass is 416 g/mol. The van der Waals surface area contributed by atoms with Crippen molar-refractivity contribution in [2.75, 3.05) is 13.2 Å². The maximum Gasteiger partial charge on any atom is 0.542 e. The molecular formula is C16H34O8P2. The molecule has 0 aromatic heterocycles. The van der Waals surface area contributed by atoms with Crippen molar-refractivity contribution >= 4 is 15.6 Å². The molecule has 0 radical (unpaired) electrons. The van der Waals surface area contributed by atoms with E-state index in [9.17, 15) is 9.13 Å². The summed E-state index contributed by atoms with van der Waals surface area (Å²) in [5.74, 6) is 0. The summed E-state index contributed by atoms with van der Waals surface area (Å²) in [6, 6.07) is 0. The molecule has 1 fully saturated rings. The van der Waals surface area contributed by atoms with E-state index >= 15 is 0 Å². The number of phosphoric acid groups is 2. The van der Waals surface area contributed by atoms with Gasteiger partial charge in [-0.2, -0.15) is 4.31 Å². The number of rotatable bonds is 18. The van der Waals surface area contributed by atoms with E-state index in [1.165, 1.54) is 38.5 Å². The van der Waals surface area contributed by atoms with Crippen LogP contribution in [0.3, 0.4) is 0 Å². The zero-order valence-corrected chi connectivity index (χ0v) is 17.8. The predicted molar refractivity (Wildman–Crippen MR) is 98.2 cm³/mol. The van der Waals surface area contributed by atoms with Crippen LogP contribution in [0.1, 0.15) is 90.9 Å². The second-order valence-corrected chi connectivity index (χ2v) is 9.65. The van der Waals surface area contributed by atoms with Crippen molar-refractivity contribution in [1.29, 1.82) is 0 Å². The van der Waals surface area contributed by atoms with Crippen molar-refractivity contribution < 1.29 is 36.9 Å². The first-order valence-electron chi connectivity index (χ1n) is 9.79. The molecular weight excluding hydrogens is 382 g/mol. The first-order chi connectivity index (χ1) is 12.5. The van der Waals surface area contributed by atoms with E-state index in [-0.39, 0.29) is 13.2 Å². The van der Waals surface area contributed by atoms with Crippen molar-refractivity contribution in [3.05, 3.63) is 0 Å². The molecule has 0 unspecified atom stereocenters. The lowest BCUT2D eigenvalue weighted by molar-refractivity contribution is -0.496. The average Bonchev–Trinajstić information content (AvgIpc) is 2.59. The average molecular weight is 416 g/mol. The molecule has 0 spiro atoms. The molecule has 26 heavy (non-hydrogen) atoms. The van der Waals surface area contributed by atoms with E-state index in [4.69, 9.17) is 13.4 Å². The second kappa shape index (κ2) is 14.3. The van der Waals surface area contributed by atoms with Gasteiger partial charge in [0.15, 0.2) is 0 Å². The summed E-state index contributed by atoms with van der Waals surface area (Å²) in [5, 5.41) is 3.92. The summed E-state index contributed by atoms with van der Waals surface area (Å²) in [4.78, 5) is 0. The van der Waals surface area contributed by atoms with Crippen LogP contribution in [0, 0.1) is 0 Å². The molecule has 156 valence electrons. The molecule has 1 aliphatic heterocycles. The Bertz CT molecular complexity index is 416. The van der Waals surface area contributed by atoms with Crippen LogP contribution >= 0.6 is 15.6 Å². The zero-order valence-electron chi connectivity index (χ0n) is 16.1. The van der Waals surface area contributed by atoms with Crippen molar-refractivity contribution in [3.63, 3.8) is 0 Å². The van der Waals surface area contributed by atoms with Crippen molar-refractivity contribution in [3.8, 4) is 0 Å². The second-order valence-electron chi connectivity index (χ2n) is 6.40. The molecule has 0 amide bonds. The molecule has 0 aromatic carbocycles. The van der Waals surface area contributed by atoms with Gasteiger partial charge < -0.3 is 0 Å². The van der Waals surface area contributed by atoms with E-state index < -0.39 is 15.6 Å². The van der Waals surface area contributed by atoms with Gasteiger partial charge in [0.05, 0.1) is 13.2 Å². The number of phosphoric ester groups is 1. The van der Waals surface area contributed by atoms with Gasteiger partial charge in [0.25, 0.3) is 0 Å². The molecule has 0 bridgehead atoms. The highest BCUT2D eigenvalue weighted by atomic mass is 31.3. The Morgan fingerprint density at radius 2 is 1.15 bits per heavy atom. The first kappa shape index (κ1) is 24.3. The van der Waals surface area contributed by atoms with E-state index in [0.717, 1.165) is 38.5 Å². The highest BCUT2D eigenvalue weighted by Gasteiger charge is 2.49. The van der Waals surface area contributed by atoms with Gasteiger partial charge >= 0.3 is 15.6 Å². The van der Waals surface area contributed by atoms with Crippen LogP contribution in [0.15, 0.2) is 0 Å². The third-order valence-electron chi connectivity index (χ3n) is 3.94. The lowest BCUT2D eigenvalue weighted by Crippen LogP contribution is -2.11. The first-order valence-corrected chi connectivity index (χ1v) is 12.7. The lowest BCUT2D eigenvalue weighted by atomic mass is 10.1. The van der Waals surface area contributed by atoms with Crippen LogP contribution in [0.2, 0.25) is 0 Å². The highest BCUT2D eigenvalue weighted by Crippen LogP contribution is 2.70. The summed E-state index contributed by atoms with van der Waals surface area (Å²) in [7, 11) is -8.01. The number of hydrogen-bond acceptors (Lipinski definition) is 8. The third kappa shape index (κ3) is 11.2. The van der Waals surface area contributed by atoms with Crippen molar-refractivity contribution in [1.82, 2.24) is 0 Å². The van der Waals surface area contributed by atoms with Crippen molar-refractivity contribution in [2.45, 2.75) is 90.9 Å². The van der Waals surface area contributed by atoms with Crippen LogP contribution < -0.4 is 0 Å². The summed E-state index contributed by atoms with van der Waals surface area (Å²) in [5.41, 5.74) is 0. The van der Waals surface area contributed by atoms with Gasteiger partial charge in [-0.1, -0.05) is 87.4 Å². The van der Waals surface area contributed by atoms with Gasteiger partial charge in [0, 0.05) is 0 Å². The van der Waals surface area contributed by atoms with E-state index in [1.54, 1.807) is 0 Å². The lowest BCUT2D eigenvalue weighted by Gasteiger charge is -2.24. The molecule has 0 aromatic rings. The van der Waals surface area contributed by atoms with Crippen LogP contribution in [0.4, 0.5) is 0 Å². The Morgan fingerprint density at radius 3 is 1.54 bits per heavy atom. The molecule has 1 heterocycles. The molecule has 10 heteroatoms. The fraction of sp³-hybridized carbons (Fsp3) is 1.00. The smallest absolute Gasteiger partial charge is 0.287 e. The van der Waals surface area contributed by atoms with Gasteiger partial charge in [0.2, 0.25) is 0 Å². The fourth-order valence-corrected chi connectivity index (χ4v) is 4.95. The van der Waals surface area contributed by atoms with Gasteiger partial charge in [0.1, 0.15) is 0 Å². The maximum atomic E-state index is 12.6. The molecule has 8 nitrogen and oxygen atoms in total. The molecule has 0 aliphatic carbocycles.